The maximum absolute atomic E-state index is 6.27. The standard InChI is InChI=1S/C11H24ClN/c1-3-5-6-8-11(13,4-2)9-7-10-12/h3-10,13H2,1-2H3. The van der Waals surface area contributed by atoms with Crippen LogP contribution in [0, 0.1) is 0 Å². The summed E-state index contributed by atoms with van der Waals surface area (Å²) in [5, 5.41) is 0. The molecule has 0 fully saturated rings. The minimum Gasteiger partial charge on any atom is -0.325 e. The van der Waals surface area contributed by atoms with Crippen molar-refractivity contribution < 1.29 is 0 Å². The fourth-order valence-electron chi connectivity index (χ4n) is 1.62. The Labute approximate surface area is 88.0 Å². The molecule has 0 aromatic rings. The van der Waals surface area contributed by atoms with Gasteiger partial charge in [-0.3, -0.25) is 0 Å². The molecular weight excluding hydrogens is 182 g/mol. The molecule has 1 unspecified atom stereocenters. The van der Waals surface area contributed by atoms with Gasteiger partial charge in [0, 0.05) is 11.4 Å². The lowest BCUT2D eigenvalue weighted by Crippen LogP contribution is -2.39. The summed E-state index contributed by atoms with van der Waals surface area (Å²) in [4.78, 5) is 0. The summed E-state index contributed by atoms with van der Waals surface area (Å²) in [6.07, 6.45) is 8.22. The van der Waals surface area contributed by atoms with Gasteiger partial charge in [0.2, 0.25) is 0 Å². The molecule has 0 heterocycles. The van der Waals surface area contributed by atoms with Crippen LogP contribution in [-0.4, -0.2) is 11.4 Å². The lowest BCUT2D eigenvalue weighted by Gasteiger charge is -2.28. The Morgan fingerprint density at radius 1 is 1.08 bits per heavy atom. The molecule has 0 radical (unpaired) electrons. The normalized spacial score (nSPS) is 15.7. The first-order chi connectivity index (χ1) is 6.18. The molecule has 0 aliphatic rings. The molecule has 1 atom stereocenters. The van der Waals surface area contributed by atoms with Gasteiger partial charge in [0.05, 0.1) is 0 Å². The maximum Gasteiger partial charge on any atom is 0.0224 e. The number of nitrogens with two attached hydrogens (primary N) is 1. The molecule has 13 heavy (non-hydrogen) atoms. The third-order valence-corrected chi connectivity index (χ3v) is 3.06. The fourth-order valence-corrected chi connectivity index (χ4v) is 1.76. The number of alkyl halides is 1. The predicted octanol–water partition coefficient (Wildman–Crippen LogP) is 3.69. The van der Waals surface area contributed by atoms with Crippen molar-refractivity contribution in [1.82, 2.24) is 0 Å². The van der Waals surface area contributed by atoms with E-state index in [-0.39, 0.29) is 5.54 Å². The van der Waals surface area contributed by atoms with Crippen molar-refractivity contribution in [1.29, 1.82) is 0 Å². The van der Waals surface area contributed by atoms with Crippen molar-refractivity contribution in [3.05, 3.63) is 0 Å². The topological polar surface area (TPSA) is 26.0 Å². The highest BCUT2D eigenvalue weighted by Crippen LogP contribution is 2.21. The zero-order chi connectivity index (χ0) is 10.2. The van der Waals surface area contributed by atoms with Gasteiger partial charge in [0.25, 0.3) is 0 Å². The van der Waals surface area contributed by atoms with Crippen molar-refractivity contribution in [2.75, 3.05) is 5.88 Å². The molecule has 0 aliphatic carbocycles. The van der Waals surface area contributed by atoms with E-state index in [0.717, 1.165) is 31.6 Å². The third kappa shape index (κ3) is 6.34. The molecule has 0 bridgehead atoms. The van der Waals surface area contributed by atoms with Gasteiger partial charge < -0.3 is 5.73 Å². The van der Waals surface area contributed by atoms with Crippen molar-refractivity contribution in [3.8, 4) is 0 Å². The first-order valence-corrected chi connectivity index (χ1v) is 6.07. The second kappa shape index (κ2) is 7.64. The summed E-state index contributed by atoms with van der Waals surface area (Å²) in [5.41, 5.74) is 6.33. The van der Waals surface area contributed by atoms with Crippen LogP contribution in [0.25, 0.3) is 0 Å². The van der Waals surface area contributed by atoms with Gasteiger partial charge in [0.1, 0.15) is 0 Å². The third-order valence-electron chi connectivity index (χ3n) is 2.79. The summed E-state index contributed by atoms with van der Waals surface area (Å²) in [5.74, 6) is 0.743. The highest BCUT2D eigenvalue weighted by Gasteiger charge is 2.20. The molecule has 0 spiro atoms. The summed E-state index contributed by atoms with van der Waals surface area (Å²) in [6, 6.07) is 0. The first kappa shape index (κ1) is 13.2. The number of hydrogen-bond acceptors (Lipinski definition) is 1. The molecule has 1 nitrogen and oxygen atoms in total. The van der Waals surface area contributed by atoms with Gasteiger partial charge in [-0.05, 0) is 25.7 Å². The maximum atomic E-state index is 6.27. The zero-order valence-corrected chi connectivity index (χ0v) is 9.87. The smallest absolute Gasteiger partial charge is 0.0224 e. The Morgan fingerprint density at radius 2 is 1.69 bits per heavy atom. The van der Waals surface area contributed by atoms with Crippen LogP contribution in [0.2, 0.25) is 0 Å². The summed E-state index contributed by atoms with van der Waals surface area (Å²) < 4.78 is 0. The Bertz CT molecular complexity index is 117. The molecule has 0 rings (SSSR count). The molecule has 2 N–H and O–H groups in total. The molecule has 2 heteroatoms. The zero-order valence-electron chi connectivity index (χ0n) is 9.11. The van der Waals surface area contributed by atoms with Gasteiger partial charge in [-0.2, -0.15) is 0 Å². The van der Waals surface area contributed by atoms with Crippen LogP contribution in [0.3, 0.4) is 0 Å². The second-order valence-electron chi connectivity index (χ2n) is 3.97. The monoisotopic (exact) mass is 205 g/mol. The molecule has 0 aromatic carbocycles. The van der Waals surface area contributed by atoms with Crippen LogP contribution >= 0.6 is 11.6 Å². The van der Waals surface area contributed by atoms with E-state index in [2.05, 4.69) is 13.8 Å². The Kier molecular flexibility index (Phi) is 7.78. The van der Waals surface area contributed by atoms with Crippen LogP contribution in [0.1, 0.15) is 58.8 Å². The average Bonchev–Trinajstić information content (AvgIpc) is 2.15. The van der Waals surface area contributed by atoms with Gasteiger partial charge in [-0.1, -0.05) is 33.1 Å². The highest BCUT2D eigenvalue weighted by molar-refractivity contribution is 6.17. The minimum absolute atomic E-state index is 0.0596. The van der Waals surface area contributed by atoms with Gasteiger partial charge in [0.15, 0.2) is 0 Å². The SMILES string of the molecule is CCCCCC(N)(CC)CCCCl. The average molecular weight is 206 g/mol. The Morgan fingerprint density at radius 3 is 2.15 bits per heavy atom. The molecule has 0 saturated carbocycles. The molecule has 0 aromatic heterocycles. The lowest BCUT2D eigenvalue weighted by molar-refractivity contribution is 0.337. The van der Waals surface area contributed by atoms with Gasteiger partial charge in [-0.15, -0.1) is 11.6 Å². The quantitative estimate of drug-likeness (QED) is 0.475. The van der Waals surface area contributed by atoms with Crippen molar-refractivity contribution in [2.45, 2.75) is 64.3 Å². The van der Waals surface area contributed by atoms with E-state index < -0.39 is 0 Å². The van der Waals surface area contributed by atoms with Crippen molar-refractivity contribution >= 4 is 11.6 Å². The van der Waals surface area contributed by atoms with E-state index in [4.69, 9.17) is 17.3 Å². The fraction of sp³-hybridized carbons (Fsp3) is 1.00. The van der Waals surface area contributed by atoms with Crippen LogP contribution in [-0.2, 0) is 0 Å². The number of halogens is 1. The van der Waals surface area contributed by atoms with E-state index in [1.807, 2.05) is 0 Å². The van der Waals surface area contributed by atoms with Crippen LogP contribution in [0.5, 0.6) is 0 Å². The predicted molar refractivity (Wildman–Crippen MR) is 61.3 cm³/mol. The summed E-state index contributed by atoms with van der Waals surface area (Å²) >= 11 is 5.67. The summed E-state index contributed by atoms with van der Waals surface area (Å²) in [6.45, 7) is 4.41. The Hall–Kier alpha value is 0.250. The number of unbranched alkanes of at least 4 members (excludes halogenated alkanes) is 2. The van der Waals surface area contributed by atoms with E-state index >= 15 is 0 Å². The lowest BCUT2D eigenvalue weighted by atomic mass is 9.86. The first-order valence-electron chi connectivity index (χ1n) is 5.53. The highest BCUT2D eigenvalue weighted by atomic mass is 35.5. The van der Waals surface area contributed by atoms with Crippen molar-refractivity contribution in [2.24, 2.45) is 5.73 Å². The van der Waals surface area contributed by atoms with Crippen LogP contribution in [0.15, 0.2) is 0 Å². The summed E-state index contributed by atoms with van der Waals surface area (Å²) in [7, 11) is 0. The van der Waals surface area contributed by atoms with Crippen LogP contribution in [0.4, 0.5) is 0 Å². The molecule has 0 saturated heterocycles. The van der Waals surface area contributed by atoms with E-state index in [9.17, 15) is 0 Å². The molecule has 80 valence electrons. The van der Waals surface area contributed by atoms with E-state index in [0.29, 0.717) is 0 Å². The van der Waals surface area contributed by atoms with Crippen LogP contribution < -0.4 is 5.73 Å². The minimum atomic E-state index is 0.0596. The molecular formula is C11H24ClN. The Balaban J connectivity index is 3.67. The van der Waals surface area contributed by atoms with Gasteiger partial charge >= 0.3 is 0 Å². The molecule has 0 aliphatic heterocycles. The van der Waals surface area contributed by atoms with E-state index in [1.165, 1.54) is 19.3 Å². The number of rotatable bonds is 8. The van der Waals surface area contributed by atoms with Crippen molar-refractivity contribution in [3.63, 3.8) is 0 Å². The second-order valence-corrected chi connectivity index (χ2v) is 4.34. The number of hydrogen-bond donors (Lipinski definition) is 1. The molecule has 0 amide bonds. The largest absolute Gasteiger partial charge is 0.325 e. The van der Waals surface area contributed by atoms with Gasteiger partial charge in [-0.25, -0.2) is 0 Å². The van der Waals surface area contributed by atoms with E-state index in [1.54, 1.807) is 0 Å².